The molecule has 1 N–H and O–H groups in total. The van der Waals surface area contributed by atoms with Gasteiger partial charge < -0.3 is 15.0 Å². The van der Waals surface area contributed by atoms with Crippen molar-refractivity contribution < 1.29 is 14.3 Å². The third kappa shape index (κ3) is 3.16. The molecule has 0 aliphatic carbocycles. The number of morpholine rings is 1. The number of carbonyl (C=O) groups is 2. The number of nitrogens with one attached hydrogen (secondary N) is 1. The summed E-state index contributed by atoms with van der Waals surface area (Å²) in [5, 5.41) is 2.67. The summed E-state index contributed by atoms with van der Waals surface area (Å²) in [6.45, 7) is 1.25. The summed E-state index contributed by atoms with van der Waals surface area (Å²) in [6, 6.07) is 7.17. The first kappa shape index (κ1) is 12.3. The average Bonchev–Trinajstić information content (AvgIpc) is 2.30. The maximum atomic E-state index is 11.6. The van der Waals surface area contributed by atoms with Gasteiger partial charge >= 0.3 is 0 Å². The van der Waals surface area contributed by atoms with E-state index in [0.29, 0.717) is 18.8 Å². The van der Waals surface area contributed by atoms with Gasteiger partial charge in [0.05, 0.1) is 6.61 Å². The van der Waals surface area contributed by atoms with Crippen LogP contribution in [0.1, 0.15) is 0 Å². The molecule has 1 aromatic rings. The second-order valence-electron chi connectivity index (χ2n) is 3.54. The van der Waals surface area contributed by atoms with Crippen molar-refractivity contribution >= 4 is 43.8 Å². The molecular formula is C11H11IN2O3. The summed E-state index contributed by atoms with van der Waals surface area (Å²) < 4.78 is 4.92. The minimum atomic E-state index is -0.141. The minimum absolute atomic E-state index is 0.0399. The molecule has 0 spiro atoms. The number of anilines is 2. The van der Waals surface area contributed by atoms with E-state index in [1.54, 1.807) is 39.6 Å². The van der Waals surface area contributed by atoms with Crippen LogP contribution < -0.4 is 10.2 Å². The first-order valence-corrected chi connectivity index (χ1v) is 6.19. The van der Waals surface area contributed by atoms with E-state index in [4.69, 9.17) is 4.74 Å². The van der Waals surface area contributed by atoms with Gasteiger partial charge in [0.2, 0.25) is 0 Å². The van der Waals surface area contributed by atoms with E-state index in [9.17, 15) is 9.59 Å². The first-order chi connectivity index (χ1) is 8.16. The van der Waals surface area contributed by atoms with Crippen molar-refractivity contribution in [3.05, 3.63) is 24.3 Å². The number of halogens is 1. The normalized spacial score (nSPS) is 15.8. The zero-order chi connectivity index (χ0) is 12.3. The van der Waals surface area contributed by atoms with Gasteiger partial charge in [-0.15, -0.1) is 0 Å². The maximum Gasteiger partial charge on any atom is 0.284 e. The molecule has 2 rings (SSSR count). The molecule has 0 aromatic heterocycles. The molecule has 0 saturated carbocycles. The summed E-state index contributed by atoms with van der Waals surface area (Å²) in [6.07, 6.45) is 0. The van der Waals surface area contributed by atoms with Crippen LogP contribution in [0.15, 0.2) is 24.3 Å². The lowest BCUT2D eigenvalue weighted by Crippen LogP contribution is -2.41. The molecule has 2 amide bonds. The lowest BCUT2D eigenvalue weighted by Gasteiger charge is -2.26. The van der Waals surface area contributed by atoms with Crippen LogP contribution in [0.2, 0.25) is 0 Å². The predicted octanol–water partition coefficient (Wildman–Crippen LogP) is 2.02. The van der Waals surface area contributed by atoms with E-state index in [2.05, 4.69) is 5.32 Å². The fourth-order valence-electron chi connectivity index (χ4n) is 1.63. The van der Waals surface area contributed by atoms with Crippen LogP contribution in [0, 0.1) is 0 Å². The molecule has 1 aliphatic heterocycles. The van der Waals surface area contributed by atoms with Gasteiger partial charge in [0, 0.05) is 40.5 Å². The van der Waals surface area contributed by atoms with Crippen LogP contribution in [-0.2, 0) is 9.53 Å². The Morgan fingerprint density at radius 2 is 2.06 bits per heavy atom. The number of hydrogen-bond donors (Lipinski definition) is 1. The Hall–Kier alpha value is -1.15. The highest BCUT2D eigenvalue weighted by atomic mass is 127. The molecule has 5 nitrogen and oxygen atoms in total. The van der Waals surface area contributed by atoms with Crippen LogP contribution in [0.25, 0.3) is 0 Å². The Bertz CT molecular complexity index is 433. The number of amides is 2. The second-order valence-corrected chi connectivity index (χ2v) is 4.52. The fraction of sp³-hybridized carbons (Fsp3) is 0.273. The summed E-state index contributed by atoms with van der Waals surface area (Å²) in [5.74, 6) is -0.0399. The zero-order valence-corrected chi connectivity index (χ0v) is 11.1. The van der Waals surface area contributed by atoms with Gasteiger partial charge in [-0.05, 0) is 24.3 Å². The standard InChI is InChI=1S/C11H11IN2O3/c12-11(16)13-8-1-3-9(4-2-8)14-5-6-17-7-10(14)15/h1-4H,5-7H2,(H,13,16). The molecule has 1 aliphatic rings. The Kier molecular flexibility index (Phi) is 3.95. The number of carbonyl (C=O) groups excluding carboxylic acids is 2. The van der Waals surface area contributed by atoms with Crippen LogP contribution in [-0.4, -0.2) is 29.6 Å². The van der Waals surface area contributed by atoms with Gasteiger partial charge in [-0.1, -0.05) is 0 Å². The van der Waals surface area contributed by atoms with E-state index in [0.717, 1.165) is 5.69 Å². The Morgan fingerprint density at radius 1 is 1.35 bits per heavy atom. The largest absolute Gasteiger partial charge is 0.370 e. The smallest absolute Gasteiger partial charge is 0.284 e. The number of nitrogens with zero attached hydrogens (tertiary/aromatic N) is 1. The van der Waals surface area contributed by atoms with Gasteiger partial charge in [0.1, 0.15) is 6.61 Å². The average molecular weight is 346 g/mol. The van der Waals surface area contributed by atoms with Gasteiger partial charge in [-0.3, -0.25) is 9.59 Å². The van der Waals surface area contributed by atoms with Crippen molar-refractivity contribution in [3.63, 3.8) is 0 Å². The van der Waals surface area contributed by atoms with Gasteiger partial charge in [-0.2, -0.15) is 0 Å². The Balaban J connectivity index is 2.11. The first-order valence-electron chi connectivity index (χ1n) is 5.11. The molecule has 6 heteroatoms. The third-order valence-electron chi connectivity index (χ3n) is 2.41. The third-order valence-corrected chi connectivity index (χ3v) is 2.68. The topological polar surface area (TPSA) is 58.6 Å². The van der Waals surface area contributed by atoms with Crippen molar-refractivity contribution in [2.45, 2.75) is 0 Å². The molecule has 0 radical (unpaired) electrons. The lowest BCUT2D eigenvalue weighted by atomic mass is 10.2. The van der Waals surface area contributed by atoms with E-state index in [1.165, 1.54) is 0 Å². The zero-order valence-electron chi connectivity index (χ0n) is 8.98. The van der Waals surface area contributed by atoms with E-state index in [-0.39, 0.29) is 16.4 Å². The molecule has 1 fully saturated rings. The SMILES string of the molecule is O=C(I)Nc1ccc(N2CCOCC2=O)cc1. The summed E-state index contributed by atoms with van der Waals surface area (Å²) in [4.78, 5) is 24.1. The van der Waals surface area contributed by atoms with Crippen molar-refractivity contribution in [1.82, 2.24) is 0 Å². The van der Waals surface area contributed by atoms with Crippen molar-refractivity contribution in [2.75, 3.05) is 30.0 Å². The summed E-state index contributed by atoms with van der Waals surface area (Å²) in [7, 11) is 0. The molecule has 0 unspecified atom stereocenters. The van der Waals surface area contributed by atoms with Crippen LogP contribution >= 0.6 is 22.6 Å². The highest BCUT2D eigenvalue weighted by Crippen LogP contribution is 2.19. The molecule has 1 heterocycles. The van der Waals surface area contributed by atoms with Crippen molar-refractivity contribution in [1.29, 1.82) is 0 Å². The molecule has 1 aromatic carbocycles. The van der Waals surface area contributed by atoms with Crippen LogP contribution in [0.5, 0.6) is 0 Å². The molecule has 17 heavy (non-hydrogen) atoms. The highest BCUT2D eigenvalue weighted by Gasteiger charge is 2.19. The quantitative estimate of drug-likeness (QED) is 0.506. The fourth-order valence-corrected chi connectivity index (χ4v) is 1.94. The number of rotatable bonds is 2. The van der Waals surface area contributed by atoms with E-state index in [1.807, 2.05) is 12.1 Å². The lowest BCUT2D eigenvalue weighted by molar-refractivity contribution is -0.125. The van der Waals surface area contributed by atoms with Crippen LogP contribution in [0.3, 0.4) is 0 Å². The Morgan fingerprint density at radius 3 is 2.65 bits per heavy atom. The highest BCUT2D eigenvalue weighted by molar-refractivity contribution is 14.1. The molecule has 0 bridgehead atoms. The second kappa shape index (κ2) is 5.46. The molecule has 1 saturated heterocycles. The number of benzene rings is 1. The number of hydrogen-bond acceptors (Lipinski definition) is 3. The maximum absolute atomic E-state index is 11.6. The van der Waals surface area contributed by atoms with Gasteiger partial charge in [0.15, 0.2) is 0 Å². The van der Waals surface area contributed by atoms with E-state index >= 15 is 0 Å². The summed E-state index contributed by atoms with van der Waals surface area (Å²) in [5.41, 5.74) is 1.54. The van der Waals surface area contributed by atoms with Crippen molar-refractivity contribution in [3.8, 4) is 0 Å². The van der Waals surface area contributed by atoms with Gasteiger partial charge in [-0.25, -0.2) is 0 Å². The molecular weight excluding hydrogens is 335 g/mol. The summed E-state index contributed by atoms with van der Waals surface area (Å²) >= 11 is 1.67. The van der Waals surface area contributed by atoms with Gasteiger partial charge in [0.25, 0.3) is 9.82 Å². The molecule has 0 atom stereocenters. The van der Waals surface area contributed by atoms with E-state index < -0.39 is 0 Å². The van der Waals surface area contributed by atoms with Crippen LogP contribution in [0.4, 0.5) is 16.2 Å². The van der Waals surface area contributed by atoms with Crippen molar-refractivity contribution in [2.24, 2.45) is 0 Å². The monoisotopic (exact) mass is 346 g/mol. The minimum Gasteiger partial charge on any atom is -0.370 e. The number of ether oxygens (including phenoxy) is 1. The predicted molar refractivity (Wildman–Crippen MR) is 72.7 cm³/mol. The Labute approximate surface area is 112 Å². The molecule has 90 valence electrons.